The van der Waals surface area contributed by atoms with E-state index in [-0.39, 0.29) is 11.7 Å². The lowest BCUT2D eigenvalue weighted by molar-refractivity contribution is 0.0737. The Kier molecular flexibility index (Phi) is 12.0. The molecule has 0 saturated heterocycles. The van der Waals surface area contributed by atoms with Crippen LogP contribution in [-0.2, 0) is 6.42 Å². The topological polar surface area (TPSA) is 23.6 Å². The number of halogens is 1. The number of rotatable bonds is 15. The third-order valence-electron chi connectivity index (χ3n) is 6.29. The lowest BCUT2D eigenvalue weighted by Gasteiger charge is -2.31. The molecule has 2 aromatic carbocycles. The van der Waals surface area contributed by atoms with Crippen molar-refractivity contribution in [3.8, 4) is 0 Å². The van der Waals surface area contributed by atoms with E-state index in [0.717, 1.165) is 25.9 Å². The van der Waals surface area contributed by atoms with Crippen LogP contribution < -0.4 is 0 Å². The van der Waals surface area contributed by atoms with Crippen LogP contribution in [0.5, 0.6) is 0 Å². The van der Waals surface area contributed by atoms with Crippen LogP contribution in [0.1, 0.15) is 75.2 Å². The average molecular weight is 441 g/mol. The van der Waals surface area contributed by atoms with E-state index >= 15 is 0 Å². The van der Waals surface area contributed by atoms with Gasteiger partial charge < -0.3 is 9.80 Å². The number of carbonyl (C=O) groups excluding carboxylic acids is 1. The highest BCUT2D eigenvalue weighted by Crippen LogP contribution is 2.13. The third kappa shape index (κ3) is 9.12. The van der Waals surface area contributed by atoms with E-state index in [4.69, 9.17) is 0 Å². The Balaban J connectivity index is 1.96. The maximum atomic E-state index is 13.3. The molecule has 2 aromatic rings. The Morgan fingerprint density at radius 2 is 1.56 bits per heavy atom. The van der Waals surface area contributed by atoms with Gasteiger partial charge in [-0.25, -0.2) is 4.39 Å². The first-order chi connectivity index (χ1) is 15.5. The molecule has 3 nitrogen and oxygen atoms in total. The number of amides is 1. The first-order valence-corrected chi connectivity index (χ1v) is 12.4. The van der Waals surface area contributed by atoms with Crippen molar-refractivity contribution in [1.82, 2.24) is 9.80 Å². The summed E-state index contributed by atoms with van der Waals surface area (Å²) in [6, 6.07) is 16.6. The van der Waals surface area contributed by atoms with Crippen LogP contribution >= 0.6 is 0 Å². The zero-order valence-electron chi connectivity index (χ0n) is 20.2. The zero-order valence-corrected chi connectivity index (χ0v) is 20.2. The molecule has 0 aliphatic carbocycles. The van der Waals surface area contributed by atoms with Gasteiger partial charge in [-0.15, -0.1) is 0 Å². The lowest BCUT2D eigenvalue weighted by Crippen LogP contribution is -2.39. The molecule has 0 aliphatic rings. The van der Waals surface area contributed by atoms with Gasteiger partial charge >= 0.3 is 0 Å². The van der Waals surface area contributed by atoms with E-state index in [2.05, 4.69) is 37.8 Å². The number of unbranched alkanes of at least 4 members (excludes halogenated alkanes) is 4. The molecule has 0 heterocycles. The summed E-state index contributed by atoms with van der Waals surface area (Å²) >= 11 is 0. The Morgan fingerprint density at radius 3 is 2.22 bits per heavy atom. The maximum Gasteiger partial charge on any atom is 0.253 e. The van der Waals surface area contributed by atoms with Crippen LogP contribution in [-0.4, -0.2) is 47.9 Å². The summed E-state index contributed by atoms with van der Waals surface area (Å²) in [5.74, 6) is -0.334. The lowest BCUT2D eigenvalue weighted by atomic mass is 10.1. The standard InChI is InChI=1S/C28H41FN2O/c1-4-6-7-8-12-21-30(5-2)24(3)19-22-31(23-20-25-13-10-9-11-14-25)28(32)26-15-17-27(29)18-16-26/h9-11,13-18,24H,4-8,12,19-23H2,1-3H3. The van der Waals surface area contributed by atoms with Crippen molar-refractivity contribution in [2.24, 2.45) is 0 Å². The molecule has 0 aromatic heterocycles. The largest absolute Gasteiger partial charge is 0.338 e. The van der Waals surface area contributed by atoms with Crippen molar-refractivity contribution in [3.63, 3.8) is 0 Å². The second-order valence-corrected chi connectivity index (χ2v) is 8.72. The minimum absolute atomic E-state index is 0.0178. The van der Waals surface area contributed by atoms with Gasteiger partial charge in [0.1, 0.15) is 5.82 Å². The summed E-state index contributed by atoms with van der Waals surface area (Å²) in [5, 5.41) is 0. The Hall–Kier alpha value is -2.20. The number of carbonyl (C=O) groups is 1. The molecule has 176 valence electrons. The second kappa shape index (κ2) is 14.8. The average Bonchev–Trinajstić information content (AvgIpc) is 2.82. The fraction of sp³-hybridized carbons (Fsp3) is 0.536. The van der Waals surface area contributed by atoms with Gasteiger partial charge in [0.25, 0.3) is 5.91 Å². The van der Waals surface area contributed by atoms with E-state index in [9.17, 15) is 9.18 Å². The molecule has 0 aliphatic heterocycles. The quantitative estimate of drug-likeness (QED) is 0.292. The predicted molar refractivity (Wildman–Crippen MR) is 133 cm³/mol. The zero-order chi connectivity index (χ0) is 23.2. The molecular weight excluding hydrogens is 399 g/mol. The molecule has 0 fully saturated rings. The van der Waals surface area contributed by atoms with E-state index in [1.807, 2.05) is 23.1 Å². The normalized spacial score (nSPS) is 12.2. The van der Waals surface area contributed by atoms with Gasteiger partial charge in [-0.3, -0.25) is 4.79 Å². The minimum Gasteiger partial charge on any atom is -0.338 e. The molecular formula is C28H41FN2O. The SMILES string of the molecule is CCCCCCCN(CC)C(C)CCN(CCc1ccccc1)C(=O)c1ccc(F)cc1. The summed E-state index contributed by atoms with van der Waals surface area (Å²) in [6.07, 6.45) is 8.20. The highest BCUT2D eigenvalue weighted by Gasteiger charge is 2.19. The van der Waals surface area contributed by atoms with Gasteiger partial charge in [0.2, 0.25) is 0 Å². The van der Waals surface area contributed by atoms with Crippen molar-refractivity contribution >= 4 is 5.91 Å². The molecule has 2 rings (SSSR count). The Morgan fingerprint density at radius 1 is 0.875 bits per heavy atom. The van der Waals surface area contributed by atoms with Crippen LogP contribution in [0.3, 0.4) is 0 Å². The van der Waals surface area contributed by atoms with E-state index in [1.165, 1.54) is 49.8 Å². The van der Waals surface area contributed by atoms with Crippen molar-refractivity contribution in [2.45, 2.75) is 71.8 Å². The second-order valence-electron chi connectivity index (χ2n) is 8.72. The fourth-order valence-corrected chi connectivity index (χ4v) is 4.13. The highest BCUT2D eigenvalue weighted by atomic mass is 19.1. The molecule has 4 heteroatoms. The molecule has 0 saturated carbocycles. The maximum absolute atomic E-state index is 13.3. The van der Waals surface area contributed by atoms with Gasteiger partial charge in [-0.2, -0.15) is 0 Å². The van der Waals surface area contributed by atoms with Crippen LogP contribution in [0.25, 0.3) is 0 Å². The summed E-state index contributed by atoms with van der Waals surface area (Å²) < 4.78 is 13.3. The number of nitrogens with zero attached hydrogens (tertiary/aromatic N) is 2. The number of benzene rings is 2. The molecule has 32 heavy (non-hydrogen) atoms. The number of hydrogen-bond donors (Lipinski definition) is 0. The van der Waals surface area contributed by atoms with Crippen molar-refractivity contribution < 1.29 is 9.18 Å². The van der Waals surface area contributed by atoms with E-state index in [0.29, 0.717) is 24.7 Å². The third-order valence-corrected chi connectivity index (χ3v) is 6.29. The van der Waals surface area contributed by atoms with Crippen molar-refractivity contribution in [2.75, 3.05) is 26.2 Å². The van der Waals surface area contributed by atoms with E-state index in [1.54, 1.807) is 12.1 Å². The highest BCUT2D eigenvalue weighted by molar-refractivity contribution is 5.94. The molecule has 1 amide bonds. The number of hydrogen-bond acceptors (Lipinski definition) is 2. The summed E-state index contributed by atoms with van der Waals surface area (Å²) in [7, 11) is 0. The Labute approximate surface area is 194 Å². The molecule has 0 N–H and O–H groups in total. The van der Waals surface area contributed by atoms with Crippen molar-refractivity contribution in [3.05, 3.63) is 71.5 Å². The smallest absolute Gasteiger partial charge is 0.253 e. The molecule has 0 radical (unpaired) electrons. The van der Waals surface area contributed by atoms with Gasteiger partial charge in [0.05, 0.1) is 0 Å². The summed E-state index contributed by atoms with van der Waals surface area (Å²) in [4.78, 5) is 17.7. The molecule has 0 bridgehead atoms. The predicted octanol–water partition coefficient (Wildman–Crippen LogP) is 6.58. The van der Waals surface area contributed by atoms with Gasteiger partial charge in [-0.1, -0.05) is 69.9 Å². The van der Waals surface area contributed by atoms with Gasteiger partial charge in [0, 0.05) is 24.7 Å². The van der Waals surface area contributed by atoms with Crippen LogP contribution in [0.2, 0.25) is 0 Å². The molecule has 1 atom stereocenters. The monoisotopic (exact) mass is 440 g/mol. The summed E-state index contributed by atoms with van der Waals surface area (Å²) in [5.41, 5.74) is 1.77. The first kappa shape index (κ1) is 26.1. The van der Waals surface area contributed by atoms with E-state index < -0.39 is 0 Å². The molecule has 0 spiro atoms. The van der Waals surface area contributed by atoms with Crippen LogP contribution in [0.4, 0.5) is 4.39 Å². The van der Waals surface area contributed by atoms with Gasteiger partial charge in [0.15, 0.2) is 0 Å². The Bertz CT molecular complexity index is 763. The van der Waals surface area contributed by atoms with Crippen LogP contribution in [0.15, 0.2) is 54.6 Å². The van der Waals surface area contributed by atoms with Crippen molar-refractivity contribution in [1.29, 1.82) is 0 Å². The first-order valence-electron chi connectivity index (χ1n) is 12.4. The van der Waals surface area contributed by atoms with Gasteiger partial charge in [-0.05, 0) is 69.1 Å². The van der Waals surface area contributed by atoms with Crippen LogP contribution in [0, 0.1) is 5.82 Å². The fourth-order valence-electron chi connectivity index (χ4n) is 4.13. The molecule has 1 unspecified atom stereocenters. The summed E-state index contributed by atoms with van der Waals surface area (Å²) in [6.45, 7) is 10.3. The minimum atomic E-state index is -0.316.